The third kappa shape index (κ3) is 4.94. The maximum absolute atomic E-state index is 3.85. The molecule has 3 nitrogen and oxygen atoms in total. The van der Waals surface area contributed by atoms with Crippen molar-refractivity contribution >= 4 is 0 Å². The Morgan fingerprint density at radius 3 is 2.38 bits per heavy atom. The Labute approximate surface area is 132 Å². The Bertz CT molecular complexity index is 274. The maximum Gasteiger partial charge on any atom is 0.0250 e. The number of nitrogens with zero attached hydrogens (tertiary/aromatic N) is 2. The molecule has 0 bridgehead atoms. The molecule has 0 aromatic heterocycles. The first kappa shape index (κ1) is 17.2. The van der Waals surface area contributed by atoms with Crippen molar-refractivity contribution in [1.29, 1.82) is 0 Å². The van der Waals surface area contributed by atoms with Gasteiger partial charge in [0.1, 0.15) is 0 Å². The van der Waals surface area contributed by atoms with E-state index >= 15 is 0 Å². The van der Waals surface area contributed by atoms with E-state index in [0.717, 1.165) is 18.1 Å². The van der Waals surface area contributed by atoms with Crippen LogP contribution in [-0.4, -0.2) is 60.6 Å². The summed E-state index contributed by atoms with van der Waals surface area (Å²) in [6, 6.07) is 2.29. The third-order valence-corrected chi connectivity index (χ3v) is 5.67. The highest BCUT2D eigenvalue weighted by Crippen LogP contribution is 2.24. The fourth-order valence-electron chi connectivity index (χ4n) is 4.06. The first-order chi connectivity index (χ1) is 10.3. The van der Waals surface area contributed by atoms with Gasteiger partial charge >= 0.3 is 0 Å². The Morgan fingerprint density at radius 2 is 1.71 bits per heavy atom. The van der Waals surface area contributed by atoms with E-state index in [2.05, 4.69) is 35.9 Å². The van der Waals surface area contributed by atoms with Crippen molar-refractivity contribution in [2.45, 2.75) is 83.8 Å². The molecular weight excluding hydrogens is 258 g/mol. The van der Waals surface area contributed by atoms with Crippen molar-refractivity contribution in [1.82, 2.24) is 15.1 Å². The van der Waals surface area contributed by atoms with Gasteiger partial charge in [-0.3, -0.25) is 9.80 Å². The molecule has 3 unspecified atom stereocenters. The Hall–Kier alpha value is -0.120. The van der Waals surface area contributed by atoms with E-state index in [9.17, 15) is 0 Å². The quantitative estimate of drug-likeness (QED) is 0.760. The minimum Gasteiger partial charge on any atom is -0.312 e. The molecule has 1 aliphatic carbocycles. The molecule has 3 heteroatoms. The van der Waals surface area contributed by atoms with Gasteiger partial charge in [0.25, 0.3) is 0 Å². The van der Waals surface area contributed by atoms with Crippen LogP contribution in [0.4, 0.5) is 0 Å². The molecule has 0 radical (unpaired) electrons. The first-order valence-electron chi connectivity index (χ1n) is 9.47. The lowest BCUT2D eigenvalue weighted by molar-refractivity contribution is 0.0562. The van der Waals surface area contributed by atoms with Crippen LogP contribution in [0.25, 0.3) is 0 Å². The molecule has 0 spiro atoms. The first-order valence-corrected chi connectivity index (χ1v) is 9.47. The maximum atomic E-state index is 3.85. The molecule has 3 atom stereocenters. The van der Waals surface area contributed by atoms with Gasteiger partial charge in [0.05, 0.1) is 0 Å². The zero-order valence-electron chi connectivity index (χ0n) is 14.6. The van der Waals surface area contributed by atoms with Gasteiger partial charge in [0.2, 0.25) is 0 Å². The van der Waals surface area contributed by atoms with Crippen LogP contribution in [0.1, 0.15) is 65.7 Å². The van der Waals surface area contributed by atoms with Crippen LogP contribution in [0.15, 0.2) is 0 Å². The Balaban J connectivity index is 1.88. The molecule has 1 saturated carbocycles. The molecule has 1 saturated heterocycles. The lowest BCUT2D eigenvalue weighted by Crippen LogP contribution is -2.57. The second-order valence-electron chi connectivity index (χ2n) is 7.10. The van der Waals surface area contributed by atoms with E-state index in [1.54, 1.807) is 0 Å². The van der Waals surface area contributed by atoms with Crippen LogP contribution in [0.3, 0.4) is 0 Å². The van der Waals surface area contributed by atoms with Crippen molar-refractivity contribution in [3.8, 4) is 0 Å². The van der Waals surface area contributed by atoms with E-state index in [0.29, 0.717) is 0 Å². The molecule has 1 N–H and O–H groups in total. The Morgan fingerprint density at radius 1 is 1.00 bits per heavy atom. The van der Waals surface area contributed by atoms with Crippen molar-refractivity contribution < 1.29 is 0 Å². The van der Waals surface area contributed by atoms with Gasteiger partial charge in [-0.1, -0.05) is 33.1 Å². The molecule has 0 aromatic carbocycles. The van der Waals surface area contributed by atoms with E-state index in [1.807, 2.05) is 0 Å². The van der Waals surface area contributed by atoms with Crippen LogP contribution >= 0.6 is 0 Å². The largest absolute Gasteiger partial charge is 0.312 e. The zero-order chi connectivity index (χ0) is 15.1. The van der Waals surface area contributed by atoms with E-state index in [4.69, 9.17) is 0 Å². The number of hydrogen-bond donors (Lipinski definition) is 1. The number of rotatable bonds is 6. The van der Waals surface area contributed by atoms with Crippen LogP contribution in [0.2, 0.25) is 0 Å². The summed E-state index contributed by atoms with van der Waals surface area (Å²) in [5.41, 5.74) is 0. The van der Waals surface area contributed by atoms with Crippen LogP contribution in [0.5, 0.6) is 0 Å². The minimum atomic E-state index is 0.739. The second kappa shape index (κ2) is 9.12. The summed E-state index contributed by atoms with van der Waals surface area (Å²) < 4.78 is 0. The van der Waals surface area contributed by atoms with E-state index in [1.165, 1.54) is 77.7 Å². The number of piperazine rings is 1. The summed E-state index contributed by atoms with van der Waals surface area (Å²) in [5, 5.41) is 3.85. The van der Waals surface area contributed by atoms with E-state index in [-0.39, 0.29) is 0 Å². The second-order valence-corrected chi connectivity index (χ2v) is 7.10. The number of hydrogen-bond acceptors (Lipinski definition) is 3. The SMILES string of the molecule is CCCNC1CCCCCC1N1CCN(C(C)CC)CC1. The fraction of sp³-hybridized carbons (Fsp3) is 1.00. The van der Waals surface area contributed by atoms with Crippen LogP contribution in [-0.2, 0) is 0 Å². The normalized spacial score (nSPS) is 31.0. The van der Waals surface area contributed by atoms with E-state index < -0.39 is 0 Å². The molecule has 0 aromatic rings. The van der Waals surface area contributed by atoms with Gasteiger partial charge in [-0.25, -0.2) is 0 Å². The number of nitrogens with one attached hydrogen (secondary N) is 1. The summed E-state index contributed by atoms with van der Waals surface area (Å²) in [6.45, 7) is 13.3. The van der Waals surface area contributed by atoms with Gasteiger partial charge < -0.3 is 5.32 Å². The lowest BCUT2D eigenvalue weighted by atomic mass is 9.99. The highest BCUT2D eigenvalue weighted by atomic mass is 15.3. The third-order valence-electron chi connectivity index (χ3n) is 5.67. The van der Waals surface area contributed by atoms with Crippen molar-refractivity contribution in [3.05, 3.63) is 0 Å². The summed E-state index contributed by atoms with van der Waals surface area (Å²) in [7, 11) is 0. The van der Waals surface area contributed by atoms with Gasteiger partial charge in [-0.15, -0.1) is 0 Å². The summed E-state index contributed by atoms with van der Waals surface area (Å²) in [6.07, 6.45) is 9.62. The van der Waals surface area contributed by atoms with Crippen molar-refractivity contribution in [3.63, 3.8) is 0 Å². The highest BCUT2D eigenvalue weighted by Gasteiger charge is 2.31. The molecule has 1 heterocycles. The average molecular weight is 296 g/mol. The average Bonchev–Trinajstić information content (AvgIpc) is 2.77. The van der Waals surface area contributed by atoms with Gasteiger partial charge in [-0.2, -0.15) is 0 Å². The Kier molecular flexibility index (Phi) is 7.48. The van der Waals surface area contributed by atoms with Crippen LogP contribution in [0, 0.1) is 0 Å². The zero-order valence-corrected chi connectivity index (χ0v) is 14.6. The summed E-state index contributed by atoms with van der Waals surface area (Å²) >= 11 is 0. The highest BCUT2D eigenvalue weighted by molar-refractivity contribution is 4.89. The molecule has 21 heavy (non-hydrogen) atoms. The molecule has 124 valence electrons. The summed E-state index contributed by atoms with van der Waals surface area (Å²) in [5.74, 6) is 0. The summed E-state index contributed by atoms with van der Waals surface area (Å²) in [4.78, 5) is 5.49. The topological polar surface area (TPSA) is 18.5 Å². The van der Waals surface area contributed by atoms with Gasteiger partial charge in [0.15, 0.2) is 0 Å². The standard InChI is InChI=1S/C18H37N3/c1-4-11-19-17-9-7-6-8-10-18(17)21-14-12-20(13-15-21)16(3)5-2/h16-19H,4-15H2,1-3H3. The minimum absolute atomic E-state index is 0.739. The molecule has 0 amide bonds. The lowest BCUT2D eigenvalue weighted by Gasteiger charge is -2.43. The smallest absolute Gasteiger partial charge is 0.0250 e. The molecule has 2 fully saturated rings. The molecule has 2 rings (SSSR count). The molecule has 1 aliphatic heterocycles. The van der Waals surface area contributed by atoms with Crippen molar-refractivity contribution in [2.24, 2.45) is 0 Å². The van der Waals surface area contributed by atoms with Crippen LogP contribution < -0.4 is 5.32 Å². The molecule has 2 aliphatic rings. The fourth-order valence-corrected chi connectivity index (χ4v) is 4.06. The predicted molar refractivity (Wildman–Crippen MR) is 91.9 cm³/mol. The molecular formula is C18H37N3. The van der Waals surface area contributed by atoms with Gasteiger partial charge in [0, 0.05) is 44.3 Å². The monoisotopic (exact) mass is 295 g/mol. The van der Waals surface area contributed by atoms with Crippen molar-refractivity contribution in [2.75, 3.05) is 32.7 Å². The van der Waals surface area contributed by atoms with Gasteiger partial charge in [-0.05, 0) is 39.2 Å². The predicted octanol–water partition coefficient (Wildman–Crippen LogP) is 3.10.